The Labute approximate surface area is 194 Å². The fourth-order valence-corrected chi connectivity index (χ4v) is 3.48. The molecular weight excluding hydrogens is 456 g/mol. The van der Waals surface area contributed by atoms with Gasteiger partial charge < -0.3 is 15.0 Å². The lowest BCUT2D eigenvalue weighted by atomic mass is 10.1. The zero-order valence-electron chi connectivity index (χ0n) is 19.1. The van der Waals surface area contributed by atoms with Crippen molar-refractivity contribution in [3.63, 3.8) is 0 Å². The van der Waals surface area contributed by atoms with Crippen LogP contribution in [0.2, 0.25) is 0 Å². The molecule has 1 N–H and O–H groups in total. The molecule has 168 valence electrons. The summed E-state index contributed by atoms with van der Waals surface area (Å²) in [7, 11) is 0. The molecular formula is C25H33BrN2O3. The Morgan fingerprint density at radius 2 is 1.71 bits per heavy atom. The van der Waals surface area contributed by atoms with Gasteiger partial charge in [0.05, 0.1) is 0 Å². The van der Waals surface area contributed by atoms with Crippen molar-refractivity contribution in [2.75, 3.05) is 13.2 Å². The molecule has 0 saturated heterocycles. The van der Waals surface area contributed by atoms with Crippen LogP contribution in [0.1, 0.15) is 43.9 Å². The first-order valence-corrected chi connectivity index (χ1v) is 11.6. The molecule has 2 amide bonds. The van der Waals surface area contributed by atoms with E-state index in [4.69, 9.17) is 4.74 Å². The Balaban J connectivity index is 2.11. The fraction of sp³-hybridized carbons (Fsp3) is 0.440. The third-order valence-electron chi connectivity index (χ3n) is 5.42. The van der Waals surface area contributed by atoms with Crippen molar-refractivity contribution in [1.29, 1.82) is 0 Å². The van der Waals surface area contributed by atoms with Crippen LogP contribution in [0.3, 0.4) is 0 Å². The second-order valence-corrected chi connectivity index (χ2v) is 8.77. The average Bonchev–Trinajstić information content (AvgIpc) is 2.76. The predicted octanol–water partition coefficient (Wildman–Crippen LogP) is 4.82. The number of amides is 2. The van der Waals surface area contributed by atoms with Crippen molar-refractivity contribution in [3.8, 4) is 5.75 Å². The van der Waals surface area contributed by atoms with Gasteiger partial charge in [-0.3, -0.25) is 9.59 Å². The van der Waals surface area contributed by atoms with Gasteiger partial charge in [-0.05, 0) is 69.4 Å². The van der Waals surface area contributed by atoms with Gasteiger partial charge in [0.1, 0.15) is 11.8 Å². The molecule has 0 aliphatic carbocycles. The molecule has 6 heteroatoms. The Hall–Kier alpha value is -2.34. The van der Waals surface area contributed by atoms with Gasteiger partial charge in [0.25, 0.3) is 5.91 Å². The maximum absolute atomic E-state index is 13.1. The van der Waals surface area contributed by atoms with Crippen LogP contribution >= 0.6 is 15.9 Å². The molecule has 0 saturated carbocycles. The van der Waals surface area contributed by atoms with Gasteiger partial charge in [-0.2, -0.15) is 0 Å². The highest BCUT2D eigenvalue weighted by Gasteiger charge is 2.26. The second kappa shape index (κ2) is 11.9. The lowest BCUT2D eigenvalue weighted by Gasteiger charge is -2.29. The molecule has 0 bridgehead atoms. The number of rotatable bonds is 10. The Morgan fingerprint density at radius 3 is 2.29 bits per heavy atom. The lowest BCUT2D eigenvalue weighted by molar-refractivity contribution is -0.141. The van der Waals surface area contributed by atoms with E-state index in [1.165, 1.54) is 0 Å². The largest absolute Gasteiger partial charge is 0.484 e. The zero-order valence-corrected chi connectivity index (χ0v) is 20.7. The minimum atomic E-state index is -0.581. The minimum absolute atomic E-state index is 0.0611. The molecule has 5 nitrogen and oxygen atoms in total. The average molecular weight is 489 g/mol. The molecule has 2 aromatic carbocycles. The number of nitrogens with one attached hydrogen (secondary N) is 1. The maximum Gasteiger partial charge on any atom is 0.261 e. The van der Waals surface area contributed by atoms with Gasteiger partial charge >= 0.3 is 0 Å². The summed E-state index contributed by atoms with van der Waals surface area (Å²) in [5.41, 5.74) is 3.21. The summed E-state index contributed by atoms with van der Waals surface area (Å²) in [5, 5.41) is 2.98. The van der Waals surface area contributed by atoms with E-state index in [9.17, 15) is 9.59 Å². The topological polar surface area (TPSA) is 58.6 Å². The fourth-order valence-electron chi connectivity index (χ4n) is 3.25. The van der Waals surface area contributed by atoms with Crippen molar-refractivity contribution < 1.29 is 14.3 Å². The van der Waals surface area contributed by atoms with Crippen LogP contribution in [0.25, 0.3) is 0 Å². The van der Waals surface area contributed by atoms with Crippen LogP contribution in [-0.2, 0) is 16.0 Å². The quantitative estimate of drug-likeness (QED) is 0.521. The highest BCUT2D eigenvalue weighted by molar-refractivity contribution is 9.10. The van der Waals surface area contributed by atoms with Crippen LogP contribution < -0.4 is 10.1 Å². The molecule has 0 radical (unpaired) electrons. The Bertz CT molecular complexity index is 863. The van der Waals surface area contributed by atoms with E-state index in [-0.39, 0.29) is 24.5 Å². The predicted molar refractivity (Wildman–Crippen MR) is 128 cm³/mol. The van der Waals surface area contributed by atoms with Crippen LogP contribution in [0.15, 0.2) is 46.9 Å². The highest BCUT2D eigenvalue weighted by Crippen LogP contribution is 2.26. The van der Waals surface area contributed by atoms with Gasteiger partial charge in [-0.15, -0.1) is 0 Å². The number of hydrogen-bond donors (Lipinski definition) is 1. The number of ether oxygens (including phenoxy) is 1. The van der Waals surface area contributed by atoms with Gasteiger partial charge in [0.15, 0.2) is 6.61 Å². The van der Waals surface area contributed by atoms with Crippen LogP contribution in [0, 0.1) is 13.8 Å². The van der Waals surface area contributed by atoms with Crippen molar-refractivity contribution in [1.82, 2.24) is 10.2 Å². The smallest absolute Gasteiger partial charge is 0.261 e. The van der Waals surface area contributed by atoms with Gasteiger partial charge in [-0.25, -0.2) is 0 Å². The summed E-state index contributed by atoms with van der Waals surface area (Å²) in [4.78, 5) is 27.4. The third-order valence-corrected chi connectivity index (χ3v) is 6.68. The zero-order chi connectivity index (χ0) is 23.0. The highest BCUT2D eigenvalue weighted by atomic mass is 79.9. The van der Waals surface area contributed by atoms with Gasteiger partial charge in [-0.1, -0.05) is 53.2 Å². The van der Waals surface area contributed by atoms with E-state index in [2.05, 4.69) is 21.2 Å². The number of nitrogens with zero attached hydrogens (tertiary/aromatic N) is 1. The molecule has 0 fully saturated rings. The van der Waals surface area contributed by atoms with Gasteiger partial charge in [0, 0.05) is 17.1 Å². The summed E-state index contributed by atoms with van der Waals surface area (Å²) < 4.78 is 6.84. The molecule has 0 heterocycles. The Morgan fingerprint density at radius 1 is 1.10 bits per heavy atom. The number of hydrogen-bond acceptors (Lipinski definition) is 3. The number of carbonyl (C=O) groups is 2. The van der Waals surface area contributed by atoms with E-state index < -0.39 is 6.04 Å². The van der Waals surface area contributed by atoms with Crippen LogP contribution in [0.4, 0.5) is 0 Å². The number of benzene rings is 2. The molecule has 2 aromatic rings. The maximum atomic E-state index is 13.1. The minimum Gasteiger partial charge on any atom is -0.484 e. The summed E-state index contributed by atoms with van der Waals surface area (Å²) in [6, 6.07) is 13.2. The standard InChI is InChI=1S/C25H33BrN2O3/c1-6-19(4)27-25(30)20(5)28(13-12-21-10-8-7-9-11-21)23(29)16-31-22-14-17(2)24(26)18(3)15-22/h7-11,14-15,19-20H,6,12-13,16H2,1-5H3,(H,27,30)/t19-,20+/m0/s1. The normalized spacial score (nSPS) is 12.7. The molecule has 0 aliphatic heterocycles. The van der Waals surface area contributed by atoms with Crippen LogP contribution in [0.5, 0.6) is 5.75 Å². The first-order chi connectivity index (χ1) is 14.7. The van der Waals surface area contributed by atoms with E-state index in [1.807, 2.05) is 70.2 Å². The monoisotopic (exact) mass is 488 g/mol. The SMILES string of the molecule is CC[C@H](C)NC(=O)[C@@H](C)N(CCc1ccccc1)C(=O)COc1cc(C)c(Br)c(C)c1. The summed E-state index contributed by atoms with van der Waals surface area (Å²) in [5.74, 6) is 0.290. The van der Waals surface area contributed by atoms with Crippen LogP contribution in [-0.4, -0.2) is 41.9 Å². The Kier molecular flexibility index (Phi) is 9.56. The molecule has 2 rings (SSSR count). The van der Waals surface area contributed by atoms with E-state index in [1.54, 1.807) is 11.8 Å². The lowest BCUT2D eigenvalue weighted by Crippen LogP contribution is -2.51. The third kappa shape index (κ3) is 7.39. The molecule has 0 aromatic heterocycles. The van der Waals surface area contributed by atoms with Crippen molar-refractivity contribution in [2.45, 2.75) is 59.5 Å². The summed E-state index contributed by atoms with van der Waals surface area (Å²) in [6.07, 6.45) is 1.51. The molecule has 0 aliphatic rings. The molecule has 0 spiro atoms. The van der Waals surface area contributed by atoms with E-state index >= 15 is 0 Å². The van der Waals surface area contributed by atoms with Gasteiger partial charge in [0.2, 0.25) is 5.91 Å². The van der Waals surface area contributed by atoms with Crippen molar-refractivity contribution in [2.24, 2.45) is 0 Å². The summed E-state index contributed by atoms with van der Waals surface area (Å²) >= 11 is 3.54. The number of halogens is 1. The van der Waals surface area contributed by atoms with E-state index in [0.29, 0.717) is 18.7 Å². The number of aryl methyl sites for hydroxylation is 2. The van der Waals surface area contributed by atoms with E-state index in [0.717, 1.165) is 27.6 Å². The summed E-state index contributed by atoms with van der Waals surface area (Å²) in [6.45, 7) is 10.1. The second-order valence-electron chi connectivity index (χ2n) is 7.98. The first-order valence-electron chi connectivity index (χ1n) is 10.8. The molecule has 0 unspecified atom stereocenters. The van der Waals surface area contributed by atoms with Crippen molar-refractivity contribution in [3.05, 3.63) is 63.6 Å². The van der Waals surface area contributed by atoms with Crippen molar-refractivity contribution >= 4 is 27.7 Å². The molecule has 2 atom stereocenters. The molecule has 31 heavy (non-hydrogen) atoms. The number of carbonyl (C=O) groups excluding carboxylic acids is 2. The first kappa shape index (κ1) is 24.9.